The molecule has 0 atom stereocenters. The van der Waals surface area contributed by atoms with E-state index in [1.807, 2.05) is 0 Å². The van der Waals surface area contributed by atoms with Crippen LogP contribution in [0, 0.1) is 27.4 Å². The second-order valence-corrected chi connectivity index (χ2v) is 7.24. The van der Waals surface area contributed by atoms with Gasteiger partial charge in [-0.15, -0.1) is 0 Å². The first-order valence-electron chi connectivity index (χ1n) is 9.44. The Kier molecular flexibility index (Phi) is 4.77. The maximum atomic E-state index is 5.52. The van der Waals surface area contributed by atoms with Gasteiger partial charge in [0.05, 0.1) is 24.6 Å². The Morgan fingerprint density at radius 2 is 1.42 bits per heavy atom. The van der Waals surface area contributed by atoms with Crippen molar-refractivity contribution in [1.29, 1.82) is 0 Å². The molecule has 0 bridgehead atoms. The Bertz CT molecular complexity index is 760. The lowest BCUT2D eigenvalue weighted by Crippen LogP contribution is -2.37. The van der Waals surface area contributed by atoms with E-state index in [0.717, 1.165) is 39.4 Å². The lowest BCUT2D eigenvalue weighted by molar-refractivity contribution is 0.122. The third-order valence-corrected chi connectivity index (χ3v) is 5.22. The molecule has 0 spiro atoms. The number of para-hydroxylation sites is 2. The summed E-state index contributed by atoms with van der Waals surface area (Å²) in [5.74, 6) is 0. The Morgan fingerprint density at radius 3 is 2.12 bits per heavy atom. The van der Waals surface area contributed by atoms with Crippen LogP contribution in [-0.4, -0.2) is 39.4 Å². The molecule has 0 aromatic heterocycles. The fourth-order valence-electron chi connectivity index (χ4n) is 4.14. The van der Waals surface area contributed by atoms with Crippen molar-refractivity contribution in [2.45, 2.75) is 20.8 Å². The maximum absolute atomic E-state index is 5.52. The van der Waals surface area contributed by atoms with Crippen molar-refractivity contribution in [3.63, 3.8) is 0 Å². The first kappa shape index (κ1) is 17.2. The zero-order chi connectivity index (χ0) is 18.1. The first-order chi connectivity index (χ1) is 12.6. The van der Waals surface area contributed by atoms with Crippen LogP contribution < -0.4 is 14.7 Å². The fraction of sp³-hybridized carbons (Fsp3) is 0.409. The van der Waals surface area contributed by atoms with Gasteiger partial charge in [0, 0.05) is 31.9 Å². The van der Waals surface area contributed by atoms with Crippen LogP contribution >= 0.6 is 0 Å². The number of hydrogen-bond acceptors (Lipinski definition) is 4. The standard InChI is InChI=1S/C22H27N3O/c1-17-14-18(2)22(19(3)15-17)25-9-8-24(16-25)21-7-5-4-6-20(21)23-10-12-26-13-11-23/h4-7,14-15H,8-13H2,1-3H3. The van der Waals surface area contributed by atoms with Crippen molar-refractivity contribution in [2.24, 2.45) is 0 Å². The summed E-state index contributed by atoms with van der Waals surface area (Å²) in [6.45, 7) is 15.6. The third kappa shape index (κ3) is 3.26. The highest BCUT2D eigenvalue weighted by Gasteiger charge is 2.27. The summed E-state index contributed by atoms with van der Waals surface area (Å²) in [5.41, 5.74) is 7.76. The molecule has 0 N–H and O–H groups in total. The van der Waals surface area contributed by atoms with Gasteiger partial charge in [-0.05, 0) is 44.0 Å². The summed E-state index contributed by atoms with van der Waals surface area (Å²) >= 11 is 0. The quantitative estimate of drug-likeness (QED) is 0.839. The Hall–Kier alpha value is -2.20. The van der Waals surface area contributed by atoms with Crippen molar-refractivity contribution in [2.75, 3.05) is 54.1 Å². The number of benzene rings is 2. The van der Waals surface area contributed by atoms with Gasteiger partial charge < -0.3 is 19.4 Å². The van der Waals surface area contributed by atoms with E-state index in [0.29, 0.717) is 0 Å². The van der Waals surface area contributed by atoms with Crippen LogP contribution in [0.1, 0.15) is 16.7 Å². The van der Waals surface area contributed by atoms with E-state index >= 15 is 0 Å². The SMILES string of the molecule is Cc1cc(C)c(N2[C]N(c3ccccc3N3CCOCC3)CC2)c(C)c1. The van der Waals surface area contributed by atoms with Gasteiger partial charge in [-0.3, -0.25) is 0 Å². The molecule has 2 aromatic carbocycles. The minimum absolute atomic E-state index is 0.801. The van der Waals surface area contributed by atoms with E-state index in [4.69, 9.17) is 4.74 Å². The zero-order valence-electron chi connectivity index (χ0n) is 16.0. The molecular weight excluding hydrogens is 322 g/mol. The van der Waals surface area contributed by atoms with Gasteiger partial charge in [0.15, 0.2) is 0 Å². The number of anilines is 3. The van der Waals surface area contributed by atoms with Gasteiger partial charge in [-0.2, -0.15) is 0 Å². The van der Waals surface area contributed by atoms with Crippen molar-refractivity contribution >= 4 is 17.1 Å². The number of rotatable bonds is 3. The Balaban J connectivity index is 1.58. The van der Waals surface area contributed by atoms with Crippen molar-refractivity contribution < 1.29 is 4.74 Å². The summed E-state index contributed by atoms with van der Waals surface area (Å²) in [6, 6.07) is 13.2. The molecule has 0 aliphatic carbocycles. The minimum Gasteiger partial charge on any atom is -0.378 e. The van der Waals surface area contributed by atoms with Gasteiger partial charge >= 0.3 is 0 Å². The number of nitrogens with zero attached hydrogens (tertiary/aromatic N) is 3. The molecular formula is C22H27N3O. The normalized spacial score (nSPS) is 17.9. The van der Waals surface area contributed by atoms with E-state index in [9.17, 15) is 0 Å². The van der Waals surface area contributed by atoms with Crippen LogP contribution in [0.4, 0.5) is 17.1 Å². The monoisotopic (exact) mass is 349 g/mol. The smallest absolute Gasteiger partial charge is 0.208 e. The first-order valence-corrected chi connectivity index (χ1v) is 9.44. The highest BCUT2D eigenvalue weighted by Crippen LogP contribution is 2.36. The van der Waals surface area contributed by atoms with Crippen LogP contribution in [-0.2, 0) is 4.74 Å². The molecule has 0 unspecified atom stereocenters. The maximum Gasteiger partial charge on any atom is 0.208 e. The van der Waals surface area contributed by atoms with Gasteiger partial charge in [0.2, 0.25) is 6.67 Å². The average Bonchev–Trinajstić information content (AvgIpc) is 3.11. The van der Waals surface area contributed by atoms with E-state index in [2.05, 4.69) is 78.5 Å². The predicted molar refractivity (Wildman–Crippen MR) is 108 cm³/mol. The molecule has 2 saturated heterocycles. The molecule has 2 fully saturated rings. The van der Waals surface area contributed by atoms with E-state index in [1.165, 1.54) is 33.8 Å². The lowest BCUT2D eigenvalue weighted by Gasteiger charge is -2.32. The Labute approximate surface area is 157 Å². The van der Waals surface area contributed by atoms with Crippen LogP contribution in [0.5, 0.6) is 0 Å². The summed E-state index contributed by atoms with van der Waals surface area (Å²) in [6.07, 6.45) is 0. The van der Waals surface area contributed by atoms with Crippen LogP contribution in [0.15, 0.2) is 36.4 Å². The van der Waals surface area contributed by atoms with Crippen LogP contribution in [0.3, 0.4) is 0 Å². The van der Waals surface area contributed by atoms with Gasteiger partial charge in [0.25, 0.3) is 0 Å². The minimum atomic E-state index is 0.801. The van der Waals surface area contributed by atoms with E-state index in [1.54, 1.807) is 0 Å². The molecule has 4 heteroatoms. The molecule has 0 amide bonds. The van der Waals surface area contributed by atoms with Crippen molar-refractivity contribution in [3.8, 4) is 0 Å². The zero-order valence-corrected chi connectivity index (χ0v) is 16.0. The topological polar surface area (TPSA) is 19.0 Å². The lowest BCUT2D eigenvalue weighted by atomic mass is 10.0. The van der Waals surface area contributed by atoms with Gasteiger partial charge in [-0.1, -0.05) is 29.8 Å². The third-order valence-electron chi connectivity index (χ3n) is 5.22. The molecule has 2 aromatic rings. The Morgan fingerprint density at radius 1 is 0.808 bits per heavy atom. The summed E-state index contributed by atoms with van der Waals surface area (Å²) in [4.78, 5) is 6.97. The number of morpholine rings is 1. The molecule has 4 nitrogen and oxygen atoms in total. The molecule has 0 saturated carbocycles. The van der Waals surface area contributed by atoms with Crippen molar-refractivity contribution in [3.05, 3.63) is 59.8 Å². The van der Waals surface area contributed by atoms with Gasteiger partial charge in [-0.25, -0.2) is 0 Å². The largest absolute Gasteiger partial charge is 0.378 e. The van der Waals surface area contributed by atoms with E-state index in [-0.39, 0.29) is 0 Å². The highest BCUT2D eigenvalue weighted by atomic mass is 16.5. The second-order valence-electron chi connectivity index (χ2n) is 7.24. The molecule has 2 heterocycles. The summed E-state index contributed by atoms with van der Waals surface area (Å²) < 4.78 is 5.52. The summed E-state index contributed by atoms with van der Waals surface area (Å²) in [7, 11) is 0. The molecule has 2 aliphatic rings. The van der Waals surface area contributed by atoms with Crippen molar-refractivity contribution in [1.82, 2.24) is 0 Å². The molecule has 26 heavy (non-hydrogen) atoms. The average molecular weight is 349 g/mol. The molecule has 2 aliphatic heterocycles. The molecule has 4 rings (SSSR count). The number of aryl methyl sites for hydroxylation is 3. The van der Waals surface area contributed by atoms with Gasteiger partial charge in [0.1, 0.15) is 0 Å². The number of ether oxygens (including phenoxy) is 1. The fourth-order valence-corrected chi connectivity index (χ4v) is 4.14. The number of hydrogen-bond donors (Lipinski definition) is 0. The summed E-state index contributed by atoms with van der Waals surface area (Å²) in [5, 5.41) is 0. The van der Waals surface area contributed by atoms with Crippen LogP contribution in [0.2, 0.25) is 0 Å². The van der Waals surface area contributed by atoms with Crippen LogP contribution in [0.25, 0.3) is 0 Å². The molecule has 2 radical (unpaired) electrons. The van der Waals surface area contributed by atoms with E-state index < -0.39 is 0 Å². The second kappa shape index (κ2) is 7.20. The highest BCUT2D eigenvalue weighted by molar-refractivity contribution is 5.75. The predicted octanol–water partition coefficient (Wildman–Crippen LogP) is 3.77. The molecule has 136 valence electrons.